The van der Waals surface area contributed by atoms with Gasteiger partial charge in [-0.25, -0.2) is 9.97 Å². The number of hydrogen-bond donors (Lipinski definition) is 1. The van der Waals surface area contributed by atoms with Crippen LogP contribution in [0.3, 0.4) is 0 Å². The fraction of sp³-hybridized carbons (Fsp3) is 0.350. The van der Waals surface area contributed by atoms with Gasteiger partial charge in [0.05, 0.1) is 18.2 Å². The highest BCUT2D eigenvalue weighted by atomic mass is 16.5. The molecule has 1 aliphatic rings. The summed E-state index contributed by atoms with van der Waals surface area (Å²) in [5.41, 5.74) is 1.65. The molecule has 2 atom stereocenters. The summed E-state index contributed by atoms with van der Waals surface area (Å²) in [5.74, 6) is 1.43. The van der Waals surface area contributed by atoms with Crippen molar-refractivity contribution >= 4 is 16.7 Å². The van der Waals surface area contributed by atoms with E-state index in [0.29, 0.717) is 19.0 Å². The fourth-order valence-electron chi connectivity index (χ4n) is 3.23. The van der Waals surface area contributed by atoms with Gasteiger partial charge in [-0.1, -0.05) is 18.2 Å². The summed E-state index contributed by atoms with van der Waals surface area (Å²) in [6.07, 6.45) is 2.65. The van der Waals surface area contributed by atoms with Crippen LogP contribution in [-0.4, -0.2) is 46.9 Å². The SMILES string of the molecule is CCOC1COCCC1Nc1nc(-c2ccccn2)nc2ccccc12. The number of benzene rings is 1. The normalized spacial score (nSPS) is 20.2. The van der Waals surface area contributed by atoms with E-state index in [2.05, 4.69) is 15.3 Å². The van der Waals surface area contributed by atoms with E-state index in [0.717, 1.165) is 35.4 Å². The van der Waals surface area contributed by atoms with Gasteiger partial charge in [-0.15, -0.1) is 0 Å². The van der Waals surface area contributed by atoms with Gasteiger partial charge in [0.2, 0.25) is 0 Å². The largest absolute Gasteiger partial charge is 0.379 e. The maximum Gasteiger partial charge on any atom is 0.180 e. The molecule has 134 valence electrons. The van der Waals surface area contributed by atoms with Gasteiger partial charge in [0.15, 0.2) is 5.82 Å². The Kier molecular flexibility index (Phi) is 5.04. The molecule has 0 amide bonds. The van der Waals surface area contributed by atoms with Crippen molar-refractivity contribution in [2.75, 3.05) is 25.1 Å². The average Bonchev–Trinajstić information content (AvgIpc) is 2.70. The highest BCUT2D eigenvalue weighted by Gasteiger charge is 2.27. The van der Waals surface area contributed by atoms with E-state index in [1.54, 1.807) is 6.20 Å². The summed E-state index contributed by atoms with van der Waals surface area (Å²) in [6, 6.07) is 13.9. The monoisotopic (exact) mass is 350 g/mol. The van der Waals surface area contributed by atoms with Crippen LogP contribution in [0.2, 0.25) is 0 Å². The molecular formula is C20H22N4O2. The topological polar surface area (TPSA) is 69.2 Å². The Hall–Kier alpha value is -2.57. The number of hydrogen-bond acceptors (Lipinski definition) is 6. The first-order valence-corrected chi connectivity index (χ1v) is 8.99. The molecule has 0 bridgehead atoms. The predicted octanol–water partition coefficient (Wildman–Crippen LogP) is 3.30. The van der Waals surface area contributed by atoms with Gasteiger partial charge in [0, 0.05) is 24.8 Å². The smallest absolute Gasteiger partial charge is 0.180 e. The lowest BCUT2D eigenvalue weighted by molar-refractivity contribution is -0.0528. The minimum Gasteiger partial charge on any atom is -0.379 e. The quantitative estimate of drug-likeness (QED) is 0.761. The summed E-state index contributed by atoms with van der Waals surface area (Å²) in [5, 5.41) is 4.58. The average molecular weight is 350 g/mol. The molecule has 1 aliphatic heterocycles. The summed E-state index contributed by atoms with van der Waals surface area (Å²) in [4.78, 5) is 13.9. The molecule has 3 heterocycles. The van der Waals surface area contributed by atoms with Crippen molar-refractivity contribution in [3.8, 4) is 11.5 Å². The van der Waals surface area contributed by atoms with E-state index in [1.807, 2.05) is 49.4 Å². The number of nitrogens with zero attached hydrogens (tertiary/aromatic N) is 3. The highest BCUT2D eigenvalue weighted by molar-refractivity contribution is 5.90. The van der Waals surface area contributed by atoms with Crippen molar-refractivity contribution in [2.24, 2.45) is 0 Å². The molecular weight excluding hydrogens is 328 g/mol. The Morgan fingerprint density at radius 2 is 2.04 bits per heavy atom. The molecule has 1 N–H and O–H groups in total. The molecule has 26 heavy (non-hydrogen) atoms. The van der Waals surface area contributed by atoms with Crippen LogP contribution in [0, 0.1) is 0 Å². The predicted molar refractivity (Wildman–Crippen MR) is 101 cm³/mol. The molecule has 3 aromatic rings. The maximum absolute atomic E-state index is 5.85. The third-order valence-electron chi connectivity index (χ3n) is 4.50. The van der Waals surface area contributed by atoms with Crippen LogP contribution < -0.4 is 5.32 Å². The minimum atomic E-state index is 0.0146. The molecule has 0 radical (unpaired) electrons. The first kappa shape index (κ1) is 16.9. The van der Waals surface area contributed by atoms with E-state index in [9.17, 15) is 0 Å². The van der Waals surface area contributed by atoms with Crippen molar-refractivity contribution in [3.05, 3.63) is 48.7 Å². The Morgan fingerprint density at radius 3 is 2.88 bits per heavy atom. The number of aromatic nitrogens is 3. The third kappa shape index (κ3) is 3.52. The van der Waals surface area contributed by atoms with Crippen LogP contribution in [0.25, 0.3) is 22.4 Å². The molecule has 4 rings (SSSR count). The van der Waals surface area contributed by atoms with E-state index in [-0.39, 0.29) is 12.1 Å². The zero-order chi connectivity index (χ0) is 17.8. The molecule has 1 aromatic carbocycles. The third-order valence-corrected chi connectivity index (χ3v) is 4.50. The first-order valence-electron chi connectivity index (χ1n) is 8.99. The molecule has 0 spiro atoms. The number of fused-ring (bicyclic) bond motifs is 1. The zero-order valence-corrected chi connectivity index (χ0v) is 14.8. The van der Waals surface area contributed by atoms with Crippen LogP contribution in [0.1, 0.15) is 13.3 Å². The molecule has 1 fully saturated rings. The molecule has 6 nitrogen and oxygen atoms in total. The lowest BCUT2D eigenvalue weighted by atomic mass is 10.1. The van der Waals surface area contributed by atoms with Crippen molar-refractivity contribution in [1.29, 1.82) is 0 Å². The van der Waals surface area contributed by atoms with Gasteiger partial charge in [-0.2, -0.15) is 0 Å². The molecule has 2 aromatic heterocycles. The van der Waals surface area contributed by atoms with Crippen LogP contribution in [0.5, 0.6) is 0 Å². The minimum absolute atomic E-state index is 0.0146. The number of nitrogens with one attached hydrogen (secondary N) is 1. The van der Waals surface area contributed by atoms with Crippen molar-refractivity contribution in [2.45, 2.75) is 25.5 Å². The Labute approximate surface area is 152 Å². The summed E-state index contributed by atoms with van der Waals surface area (Å²) in [7, 11) is 0. The zero-order valence-electron chi connectivity index (χ0n) is 14.8. The fourth-order valence-corrected chi connectivity index (χ4v) is 3.23. The number of ether oxygens (including phenoxy) is 2. The van der Waals surface area contributed by atoms with Crippen LogP contribution >= 0.6 is 0 Å². The van der Waals surface area contributed by atoms with Gasteiger partial charge in [0.25, 0.3) is 0 Å². The highest BCUT2D eigenvalue weighted by Crippen LogP contribution is 2.26. The molecule has 2 unspecified atom stereocenters. The lowest BCUT2D eigenvalue weighted by Gasteiger charge is -2.32. The molecule has 1 saturated heterocycles. The standard InChI is InChI=1S/C20H22N4O2/c1-2-26-18-13-25-12-10-16(18)23-19-14-7-3-4-8-15(14)22-20(24-19)17-9-5-6-11-21-17/h3-9,11,16,18H,2,10,12-13H2,1H3,(H,22,23,24). The van der Waals surface area contributed by atoms with Crippen LogP contribution in [0.4, 0.5) is 5.82 Å². The molecule has 6 heteroatoms. The van der Waals surface area contributed by atoms with Gasteiger partial charge >= 0.3 is 0 Å². The Balaban J connectivity index is 1.73. The van der Waals surface area contributed by atoms with Crippen LogP contribution in [0.15, 0.2) is 48.7 Å². The summed E-state index contributed by atoms with van der Waals surface area (Å²) >= 11 is 0. The Morgan fingerprint density at radius 1 is 1.15 bits per heavy atom. The first-order chi connectivity index (χ1) is 12.8. The summed E-state index contributed by atoms with van der Waals surface area (Å²) in [6.45, 7) is 3.99. The van der Waals surface area contributed by atoms with E-state index >= 15 is 0 Å². The second-order valence-corrected chi connectivity index (χ2v) is 6.24. The van der Waals surface area contributed by atoms with E-state index in [1.165, 1.54) is 0 Å². The van der Waals surface area contributed by atoms with Gasteiger partial charge in [0.1, 0.15) is 17.6 Å². The van der Waals surface area contributed by atoms with Crippen molar-refractivity contribution in [1.82, 2.24) is 15.0 Å². The maximum atomic E-state index is 5.85. The number of para-hydroxylation sites is 1. The molecule has 0 saturated carbocycles. The second kappa shape index (κ2) is 7.76. The lowest BCUT2D eigenvalue weighted by Crippen LogP contribution is -2.44. The number of anilines is 1. The van der Waals surface area contributed by atoms with Gasteiger partial charge in [-0.05, 0) is 37.6 Å². The van der Waals surface area contributed by atoms with E-state index in [4.69, 9.17) is 14.5 Å². The van der Waals surface area contributed by atoms with Crippen molar-refractivity contribution in [3.63, 3.8) is 0 Å². The second-order valence-electron chi connectivity index (χ2n) is 6.24. The van der Waals surface area contributed by atoms with Gasteiger partial charge in [-0.3, -0.25) is 4.98 Å². The Bertz CT molecular complexity index is 870. The molecule has 0 aliphatic carbocycles. The number of pyridine rings is 1. The van der Waals surface area contributed by atoms with Crippen LogP contribution in [-0.2, 0) is 9.47 Å². The van der Waals surface area contributed by atoms with Crippen molar-refractivity contribution < 1.29 is 9.47 Å². The number of rotatable bonds is 5. The summed E-state index contributed by atoms with van der Waals surface area (Å²) < 4.78 is 11.4. The van der Waals surface area contributed by atoms with E-state index < -0.39 is 0 Å². The van der Waals surface area contributed by atoms with Gasteiger partial charge < -0.3 is 14.8 Å².